The predicted octanol–water partition coefficient (Wildman–Crippen LogP) is 2.73. The van der Waals surface area contributed by atoms with Crippen molar-refractivity contribution in [3.8, 4) is 5.69 Å². The van der Waals surface area contributed by atoms with Crippen LogP contribution in [-0.2, 0) is 4.79 Å². The lowest BCUT2D eigenvalue weighted by Gasteiger charge is -2.33. The monoisotopic (exact) mass is 450 g/mol. The third-order valence-electron chi connectivity index (χ3n) is 5.10. The molecule has 1 N–H and O–H groups in total. The highest BCUT2D eigenvalue weighted by atomic mass is 35.5. The van der Waals surface area contributed by atoms with Gasteiger partial charge in [-0.2, -0.15) is 5.10 Å². The van der Waals surface area contributed by atoms with Crippen LogP contribution in [0.15, 0.2) is 64.7 Å². The van der Waals surface area contributed by atoms with Gasteiger partial charge in [-0.25, -0.2) is 9.69 Å². The van der Waals surface area contributed by atoms with E-state index >= 15 is 0 Å². The maximum absolute atomic E-state index is 13.1. The molecule has 1 atom stereocenters. The largest absolute Gasteiger partial charge is 0.298 e. The topological polar surface area (TPSA) is 74.9 Å². The van der Waals surface area contributed by atoms with Crippen molar-refractivity contribution in [1.29, 1.82) is 0 Å². The zero-order valence-electron chi connectivity index (χ0n) is 16.9. The van der Waals surface area contributed by atoms with Gasteiger partial charge in [0.2, 0.25) is 0 Å². The third kappa shape index (κ3) is 3.32. The van der Waals surface area contributed by atoms with Crippen molar-refractivity contribution in [2.45, 2.75) is 20.0 Å². The second-order valence-corrected chi connectivity index (χ2v) is 8.65. The SMILES string of the molecule is CCSC1=NN2C(=c3ccccc3=N[C@@H]2c2c(C)nn(-c3ccccc3)c2Cl)C(=O)N1. The molecule has 156 valence electrons. The van der Waals surface area contributed by atoms with Crippen LogP contribution in [0, 0.1) is 6.92 Å². The number of amides is 1. The van der Waals surface area contributed by atoms with E-state index in [1.54, 1.807) is 9.69 Å². The molecule has 0 saturated carbocycles. The molecule has 0 fully saturated rings. The zero-order chi connectivity index (χ0) is 21.5. The Labute approximate surface area is 188 Å². The number of nitrogens with zero attached hydrogens (tertiary/aromatic N) is 5. The molecular formula is C22H19ClN6OS. The molecule has 2 aliphatic rings. The summed E-state index contributed by atoms with van der Waals surface area (Å²) in [6.07, 6.45) is -0.603. The van der Waals surface area contributed by atoms with Gasteiger partial charge in [-0.3, -0.25) is 15.1 Å². The molecule has 2 aliphatic heterocycles. The average Bonchev–Trinajstić information content (AvgIpc) is 3.07. The fraction of sp³-hybridized carbons (Fsp3) is 0.182. The van der Waals surface area contributed by atoms with Crippen molar-refractivity contribution in [3.05, 3.63) is 81.6 Å². The molecular weight excluding hydrogens is 432 g/mol. The van der Waals surface area contributed by atoms with Crippen LogP contribution in [0.4, 0.5) is 0 Å². The number of thioether (sulfide) groups is 1. The summed E-state index contributed by atoms with van der Waals surface area (Å²) in [7, 11) is 0. The average molecular weight is 451 g/mol. The summed E-state index contributed by atoms with van der Waals surface area (Å²) in [6, 6.07) is 17.3. The number of carbonyl (C=O) groups is 1. The molecule has 0 saturated heterocycles. The van der Waals surface area contributed by atoms with Gasteiger partial charge in [-0.05, 0) is 30.9 Å². The molecule has 9 heteroatoms. The number of hydrogen-bond donors (Lipinski definition) is 1. The number of halogens is 1. The number of hydrazone groups is 1. The minimum atomic E-state index is -0.603. The van der Waals surface area contributed by atoms with Crippen LogP contribution in [0.2, 0.25) is 5.15 Å². The van der Waals surface area contributed by atoms with Crippen LogP contribution in [0.1, 0.15) is 24.3 Å². The summed E-state index contributed by atoms with van der Waals surface area (Å²) in [5.41, 5.74) is 2.76. The maximum atomic E-state index is 13.1. The van der Waals surface area contributed by atoms with E-state index in [1.165, 1.54) is 11.8 Å². The molecule has 1 amide bonds. The van der Waals surface area contributed by atoms with Gasteiger partial charge in [0.15, 0.2) is 11.3 Å². The predicted molar refractivity (Wildman–Crippen MR) is 122 cm³/mol. The number of rotatable bonds is 3. The van der Waals surface area contributed by atoms with E-state index in [4.69, 9.17) is 21.7 Å². The lowest BCUT2D eigenvalue weighted by Crippen LogP contribution is -2.50. The lowest BCUT2D eigenvalue weighted by molar-refractivity contribution is -0.116. The fourth-order valence-electron chi connectivity index (χ4n) is 3.76. The van der Waals surface area contributed by atoms with E-state index in [9.17, 15) is 4.79 Å². The van der Waals surface area contributed by atoms with E-state index in [-0.39, 0.29) is 5.91 Å². The molecule has 0 bridgehead atoms. The van der Waals surface area contributed by atoms with E-state index in [0.29, 0.717) is 16.0 Å². The van der Waals surface area contributed by atoms with Gasteiger partial charge in [0.25, 0.3) is 5.91 Å². The van der Waals surface area contributed by atoms with E-state index in [2.05, 4.69) is 10.4 Å². The molecule has 0 unspecified atom stereocenters. The molecule has 3 aromatic rings. The van der Waals surface area contributed by atoms with Gasteiger partial charge in [-0.15, -0.1) is 5.10 Å². The summed E-state index contributed by atoms with van der Waals surface area (Å²) >= 11 is 8.31. The van der Waals surface area contributed by atoms with Crippen molar-refractivity contribution in [3.63, 3.8) is 0 Å². The van der Waals surface area contributed by atoms with Crippen molar-refractivity contribution in [2.75, 3.05) is 5.75 Å². The van der Waals surface area contributed by atoms with Gasteiger partial charge < -0.3 is 0 Å². The second kappa shape index (κ2) is 7.86. The van der Waals surface area contributed by atoms with Crippen LogP contribution in [0.3, 0.4) is 0 Å². The standard InChI is InChI=1S/C22H19ClN6OS/c1-3-31-22-25-21(30)18-15-11-7-8-12-16(15)24-20(29(18)27-22)17-13(2)26-28(19(17)23)14-9-5-4-6-10-14/h4-12,20H,3H2,1-2H3,(H,25,27,30)/t20-/m0/s1. The number of benzene rings is 2. The van der Waals surface area contributed by atoms with Crippen LogP contribution in [-0.4, -0.2) is 31.6 Å². The first-order valence-electron chi connectivity index (χ1n) is 9.88. The van der Waals surface area contributed by atoms with Gasteiger partial charge in [0.1, 0.15) is 10.9 Å². The number of aryl methyl sites for hydroxylation is 1. The van der Waals surface area contributed by atoms with Gasteiger partial charge in [0, 0.05) is 5.22 Å². The Morgan fingerprint density at radius 3 is 2.65 bits per heavy atom. The molecule has 0 aliphatic carbocycles. The van der Waals surface area contributed by atoms with Crippen molar-refractivity contribution in [2.24, 2.45) is 10.1 Å². The number of aromatic nitrogens is 2. The van der Waals surface area contributed by atoms with Crippen molar-refractivity contribution >= 4 is 40.1 Å². The Morgan fingerprint density at radius 2 is 1.87 bits per heavy atom. The highest BCUT2D eigenvalue weighted by Gasteiger charge is 2.37. The number of para-hydroxylation sites is 2. The summed E-state index contributed by atoms with van der Waals surface area (Å²) in [5.74, 6) is 0.578. The molecule has 2 aromatic carbocycles. The smallest absolute Gasteiger partial charge is 0.276 e. The van der Waals surface area contributed by atoms with Gasteiger partial charge >= 0.3 is 0 Å². The van der Waals surface area contributed by atoms with E-state index in [0.717, 1.165) is 33.3 Å². The van der Waals surface area contributed by atoms with Crippen LogP contribution in [0.5, 0.6) is 0 Å². The summed E-state index contributed by atoms with van der Waals surface area (Å²) < 4.78 is 1.69. The third-order valence-corrected chi connectivity index (χ3v) is 6.21. The van der Waals surface area contributed by atoms with Crippen molar-refractivity contribution in [1.82, 2.24) is 20.1 Å². The van der Waals surface area contributed by atoms with Crippen molar-refractivity contribution < 1.29 is 4.79 Å². The summed E-state index contributed by atoms with van der Waals surface area (Å²) in [4.78, 5) is 18.0. The number of carbonyl (C=O) groups excluding carboxylic acids is 1. The molecule has 5 rings (SSSR count). The molecule has 0 radical (unpaired) electrons. The number of hydrogen-bond acceptors (Lipinski definition) is 6. The van der Waals surface area contributed by atoms with Gasteiger partial charge in [-0.1, -0.05) is 66.7 Å². The molecule has 1 aromatic heterocycles. The zero-order valence-corrected chi connectivity index (χ0v) is 18.5. The van der Waals surface area contributed by atoms with E-state index < -0.39 is 6.17 Å². The number of amidine groups is 1. The minimum absolute atomic E-state index is 0.206. The highest BCUT2D eigenvalue weighted by Crippen LogP contribution is 2.37. The molecule has 0 spiro atoms. The first kappa shape index (κ1) is 19.8. The summed E-state index contributed by atoms with van der Waals surface area (Å²) in [5, 5.41) is 16.4. The maximum Gasteiger partial charge on any atom is 0.276 e. The van der Waals surface area contributed by atoms with E-state index in [1.807, 2.05) is 68.4 Å². The second-order valence-electron chi connectivity index (χ2n) is 7.04. The summed E-state index contributed by atoms with van der Waals surface area (Å²) in [6.45, 7) is 3.91. The Kier molecular flexibility index (Phi) is 5.03. The fourth-order valence-corrected chi connectivity index (χ4v) is 4.72. The van der Waals surface area contributed by atoms with Crippen LogP contribution >= 0.6 is 23.4 Å². The number of nitrogens with one attached hydrogen (secondary N) is 1. The Morgan fingerprint density at radius 1 is 1.13 bits per heavy atom. The lowest BCUT2D eigenvalue weighted by atomic mass is 10.1. The Bertz CT molecular complexity index is 1330. The minimum Gasteiger partial charge on any atom is -0.298 e. The van der Waals surface area contributed by atoms with Gasteiger partial charge in [0.05, 0.1) is 22.3 Å². The molecule has 31 heavy (non-hydrogen) atoms. The normalized spacial score (nSPS) is 17.5. The number of fused-ring (bicyclic) bond motifs is 2. The Hall–Kier alpha value is -3.10. The quantitative estimate of drug-likeness (QED) is 0.665. The first-order valence-corrected chi connectivity index (χ1v) is 11.2. The Balaban J connectivity index is 1.73. The molecule has 7 nitrogen and oxygen atoms in total. The van der Waals surface area contributed by atoms with Crippen LogP contribution in [0.25, 0.3) is 11.4 Å². The first-order chi connectivity index (χ1) is 15.1. The molecule has 3 heterocycles. The van der Waals surface area contributed by atoms with Crippen LogP contribution < -0.4 is 15.9 Å². The highest BCUT2D eigenvalue weighted by molar-refractivity contribution is 8.13.